The second-order valence-corrected chi connectivity index (χ2v) is 8.73. The molecule has 0 aliphatic heterocycles. The number of carbonyl (C=O) groups excluding carboxylic acids is 1. The van der Waals surface area contributed by atoms with E-state index in [2.05, 4.69) is 39.7 Å². The van der Waals surface area contributed by atoms with Crippen LogP contribution in [0.1, 0.15) is 19.4 Å². The number of nitro benzene ring substituents is 1. The topological polar surface area (TPSA) is 79.6 Å². The molecular weight excluding hydrogens is 480 g/mol. The van der Waals surface area contributed by atoms with E-state index in [1.165, 1.54) is 29.5 Å². The van der Waals surface area contributed by atoms with E-state index < -0.39 is 4.92 Å². The highest BCUT2D eigenvalue weighted by molar-refractivity contribution is 9.10. The zero-order chi connectivity index (χ0) is 22.4. The van der Waals surface area contributed by atoms with Gasteiger partial charge in [-0.2, -0.15) is 0 Å². The molecule has 1 aromatic heterocycles. The standard InChI is InChI=1S/C22H23BrN4O3S/c1-3-25(4-2)13-14-26(22-24-19-11-8-17(23)15-20(19)31-22)21(28)12-7-16-5-9-18(10-6-16)27(29)30/h5-12,15H,3-4,13-14H2,1-2H3. The van der Waals surface area contributed by atoms with Gasteiger partial charge in [0.05, 0.1) is 15.1 Å². The van der Waals surface area contributed by atoms with Crippen LogP contribution >= 0.6 is 27.3 Å². The number of amides is 1. The Hall–Kier alpha value is -2.62. The Morgan fingerprint density at radius 1 is 1.16 bits per heavy atom. The molecule has 1 amide bonds. The second-order valence-electron chi connectivity index (χ2n) is 6.81. The van der Waals surface area contributed by atoms with Crippen molar-refractivity contribution >= 4 is 60.3 Å². The van der Waals surface area contributed by atoms with Gasteiger partial charge < -0.3 is 4.90 Å². The summed E-state index contributed by atoms with van der Waals surface area (Å²) in [4.78, 5) is 32.1. The van der Waals surface area contributed by atoms with Crippen LogP contribution in [0.5, 0.6) is 0 Å². The number of rotatable bonds is 9. The lowest BCUT2D eigenvalue weighted by molar-refractivity contribution is -0.384. The monoisotopic (exact) mass is 502 g/mol. The number of fused-ring (bicyclic) bond motifs is 1. The molecule has 0 radical (unpaired) electrons. The lowest BCUT2D eigenvalue weighted by atomic mass is 10.2. The summed E-state index contributed by atoms with van der Waals surface area (Å²) in [6, 6.07) is 12.0. The summed E-state index contributed by atoms with van der Waals surface area (Å²) in [5, 5.41) is 11.5. The Balaban J connectivity index is 1.84. The molecular formula is C22H23BrN4O3S. The van der Waals surface area contributed by atoms with Crippen molar-refractivity contribution in [3.05, 3.63) is 68.7 Å². The first-order valence-corrected chi connectivity index (χ1v) is 11.5. The van der Waals surface area contributed by atoms with Crippen molar-refractivity contribution in [1.29, 1.82) is 0 Å². The highest BCUT2D eigenvalue weighted by atomic mass is 79.9. The summed E-state index contributed by atoms with van der Waals surface area (Å²) >= 11 is 4.96. The SMILES string of the molecule is CCN(CC)CCN(C(=O)C=Cc1ccc([N+](=O)[O-])cc1)c1nc2ccc(Br)cc2s1. The Labute approximate surface area is 193 Å². The van der Waals surface area contributed by atoms with E-state index in [4.69, 9.17) is 0 Å². The van der Waals surface area contributed by atoms with Crippen LogP contribution in [-0.2, 0) is 4.79 Å². The van der Waals surface area contributed by atoms with Crippen LogP contribution in [0.3, 0.4) is 0 Å². The van der Waals surface area contributed by atoms with Gasteiger partial charge in [-0.1, -0.05) is 41.1 Å². The molecule has 162 valence electrons. The lowest BCUT2D eigenvalue weighted by Crippen LogP contribution is -2.38. The molecule has 0 atom stereocenters. The molecule has 0 spiro atoms. The molecule has 31 heavy (non-hydrogen) atoms. The zero-order valence-corrected chi connectivity index (χ0v) is 19.7. The summed E-state index contributed by atoms with van der Waals surface area (Å²) in [7, 11) is 0. The predicted octanol–water partition coefficient (Wildman–Crippen LogP) is 5.36. The van der Waals surface area contributed by atoms with Crippen LogP contribution < -0.4 is 4.90 Å². The van der Waals surface area contributed by atoms with Gasteiger partial charge >= 0.3 is 0 Å². The van der Waals surface area contributed by atoms with Gasteiger partial charge in [0.1, 0.15) is 0 Å². The maximum atomic E-state index is 13.1. The van der Waals surface area contributed by atoms with Crippen molar-refractivity contribution < 1.29 is 9.72 Å². The molecule has 7 nitrogen and oxygen atoms in total. The molecule has 3 aromatic rings. The summed E-state index contributed by atoms with van der Waals surface area (Å²) in [5.41, 5.74) is 1.59. The van der Waals surface area contributed by atoms with Crippen molar-refractivity contribution in [2.75, 3.05) is 31.1 Å². The number of thiazole rings is 1. The summed E-state index contributed by atoms with van der Waals surface area (Å²) in [6.45, 7) is 7.27. The van der Waals surface area contributed by atoms with Crippen molar-refractivity contribution in [3.63, 3.8) is 0 Å². The number of benzene rings is 2. The summed E-state index contributed by atoms with van der Waals surface area (Å²) in [5.74, 6) is -0.177. The number of hydrogen-bond acceptors (Lipinski definition) is 6. The first-order valence-electron chi connectivity index (χ1n) is 9.93. The van der Waals surface area contributed by atoms with E-state index in [-0.39, 0.29) is 11.6 Å². The Bertz CT molecular complexity index is 1090. The molecule has 0 aliphatic rings. The van der Waals surface area contributed by atoms with E-state index in [0.29, 0.717) is 11.7 Å². The number of carbonyl (C=O) groups is 1. The van der Waals surface area contributed by atoms with Crippen molar-refractivity contribution in [1.82, 2.24) is 9.88 Å². The molecule has 0 bridgehead atoms. The third kappa shape index (κ3) is 5.96. The highest BCUT2D eigenvalue weighted by Crippen LogP contribution is 2.31. The maximum Gasteiger partial charge on any atom is 0.269 e. The van der Waals surface area contributed by atoms with Gasteiger partial charge in [-0.3, -0.25) is 19.8 Å². The number of anilines is 1. The minimum atomic E-state index is -0.445. The fourth-order valence-electron chi connectivity index (χ4n) is 3.05. The number of aromatic nitrogens is 1. The number of non-ortho nitro benzene ring substituents is 1. The average Bonchev–Trinajstić information content (AvgIpc) is 3.18. The second kappa shape index (κ2) is 10.6. The Morgan fingerprint density at radius 3 is 2.52 bits per heavy atom. The molecule has 3 rings (SSSR count). The molecule has 0 aliphatic carbocycles. The molecule has 0 saturated heterocycles. The van der Waals surface area contributed by atoms with Crippen LogP contribution in [0.4, 0.5) is 10.8 Å². The maximum absolute atomic E-state index is 13.1. The Morgan fingerprint density at radius 2 is 1.87 bits per heavy atom. The van der Waals surface area contributed by atoms with Crippen molar-refractivity contribution in [3.8, 4) is 0 Å². The van der Waals surface area contributed by atoms with E-state index in [1.807, 2.05) is 18.2 Å². The quantitative estimate of drug-likeness (QED) is 0.223. The number of likely N-dealkylation sites (N-methyl/N-ethyl adjacent to an activating group) is 1. The first kappa shape index (κ1) is 23.1. The molecule has 0 N–H and O–H groups in total. The van der Waals surface area contributed by atoms with Crippen LogP contribution in [0.2, 0.25) is 0 Å². The van der Waals surface area contributed by atoms with Crippen molar-refractivity contribution in [2.45, 2.75) is 13.8 Å². The van der Waals surface area contributed by atoms with Crippen LogP contribution in [0, 0.1) is 10.1 Å². The molecule has 1 heterocycles. The van der Waals surface area contributed by atoms with E-state index in [1.54, 1.807) is 23.1 Å². The number of hydrogen-bond donors (Lipinski definition) is 0. The number of nitrogens with zero attached hydrogens (tertiary/aromatic N) is 4. The minimum absolute atomic E-state index is 0.0185. The molecule has 9 heteroatoms. The Kier molecular flexibility index (Phi) is 7.89. The fourth-order valence-corrected chi connectivity index (χ4v) is 4.60. The third-order valence-electron chi connectivity index (χ3n) is 4.89. The zero-order valence-electron chi connectivity index (χ0n) is 17.3. The van der Waals surface area contributed by atoms with Crippen LogP contribution in [0.25, 0.3) is 16.3 Å². The molecule has 0 fully saturated rings. The minimum Gasteiger partial charge on any atom is -0.302 e. The number of nitro groups is 1. The van der Waals surface area contributed by atoms with E-state index in [0.717, 1.165) is 39.9 Å². The van der Waals surface area contributed by atoms with E-state index in [9.17, 15) is 14.9 Å². The average molecular weight is 503 g/mol. The smallest absolute Gasteiger partial charge is 0.269 e. The lowest BCUT2D eigenvalue weighted by Gasteiger charge is -2.23. The molecule has 2 aromatic carbocycles. The van der Waals surface area contributed by atoms with Crippen LogP contribution in [-0.4, -0.2) is 46.9 Å². The van der Waals surface area contributed by atoms with Gasteiger partial charge in [0.2, 0.25) is 0 Å². The summed E-state index contributed by atoms with van der Waals surface area (Å²) < 4.78 is 1.97. The van der Waals surface area contributed by atoms with Gasteiger partial charge in [-0.25, -0.2) is 4.98 Å². The first-order chi connectivity index (χ1) is 14.9. The van der Waals surface area contributed by atoms with Gasteiger partial charge in [0.25, 0.3) is 11.6 Å². The molecule has 0 saturated carbocycles. The fraction of sp³-hybridized carbons (Fsp3) is 0.273. The van der Waals surface area contributed by atoms with Gasteiger partial charge in [-0.15, -0.1) is 0 Å². The summed E-state index contributed by atoms with van der Waals surface area (Å²) in [6.07, 6.45) is 3.16. The van der Waals surface area contributed by atoms with Gasteiger partial charge in [0, 0.05) is 35.8 Å². The van der Waals surface area contributed by atoms with Gasteiger partial charge in [-0.05, 0) is 55.1 Å². The highest BCUT2D eigenvalue weighted by Gasteiger charge is 2.19. The van der Waals surface area contributed by atoms with Gasteiger partial charge in [0.15, 0.2) is 5.13 Å². The van der Waals surface area contributed by atoms with E-state index >= 15 is 0 Å². The normalized spacial score (nSPS) is 11.5. The number of halogens is 1. The van der Waals surface area contributed by atoms with Crippen molar-refractivity contribution in [2.24, 2.45) is 0 Å². The molecule has 0 unspecified atom stereocenters. The third-order valence-corrected chi connectivity index (χ3v) is 6.43. The largest absolute Gasteiger partial charge is 0.302 e. The predicted molar refractivity (Wildman–Crippen MR) is 130 cm³/mol. The van der Waals surface area contributed by atoms with Crippen LogP contribution in [0.15, 0.2) is 53.0 Å².